The molecule has 6 rings (SSSR count). The fourth-order valence-corrected chi connectivity index (χ4v) is 9.30. The normalized spacial score (nSPS) is 30.3. The molecule has 2 heterocycles. The molecule has 44 heavy (non-hydrogen) atoms. The number of carbonyl (C=O) groups is 3. The highest BCUT2D eigenvalue weighted by atomic mass is 35.5. The van der Waals surface area contributed by atoms with Gasteiger partial charge in [0.05, 0.1) is 37.4 Å². The number of hydrogen-bond donors (Lipinski definition) is 2. The minimum absolute atomic E-state index is 0.0252. The monoisotopic (exact) mass is 641 g/mol. The highest BCUT2D eigenvalue weighted by Gasteiger charge is 2.72. The number of nitrogens with one attached hydrogen (secondary N) is 1. The minimum atomic E-state index is -1.06. The van der Waals surface area contributed by atoms with Crippen LogP contribution in [0.15, 0.2) is 36.4 Å². The lowest BCUT2D eigenvalue weighted by Gasteiger charge is -2.51. The predicted octanol–water partition coefficient (Wildman–Crippen LogP) is 7.11. The van der Waals surface area contributed by atoms with Crippen LogP contribution < -0.4 is 5.32 Å². The number of rotatable bonds is 6. The second-order valence-electron chi connectivity index (χ2n) is 14.2. The zero-order chi connectivity index (χ0) is 31.4. The molecular weight excluding hydrogens is 601 g/mol. The average Bonchev–Trinajstić information content (AvgIpc) is 3.46. The topological polar surface area (TPSA) is 102 Å². The fourth-order valence-electron chi connectivity index (χ4n) is 8.89. The van der Waals surface area contributed by atoms with Crippen molar-refractivity contribution in [1.29, 1.82) is 0 Å². The number of halogens is 2. The predicted molar refractivity (Wildman–Crippen MR) is 169 cm³/mol. The summed E-state index contributed by atoms with van der Waals surface area (Å²) in [5.74, 6) is -1.56. The van der Waals surface area contributed by atoms with Gasteiger partial charge in [-0.05, 0) is 103 Å². The molecule has 3 fully saturated rings. The smallest absolute Gasteiger partial charge is 0.337 e. The first-order chi connectivity index (χ1) is 20.9. The Balaban J connectivity index is 1.53. The standard InChI is InChI=1S/C35H41Cl2NO6/c1-33(2)8-10-34(11-9-33)17-26(29(40)12-20-4-6-25(18-39)44-19-20)30(21-13-22(31(41)43-3)15-24(37)14-21)35(34)27-7-5-23(36)16-28(27)38-32(35)42/h5,7,13-16,20,25-26,30,39H,4,6,8-12,17-19H2,1-3H3,(H,38,42)/t20-,25-,26-,30-,35+/m0/s1. The van der Waals surface area contributed by atoms with E-state index in [1.807, 2.05) is 18.2 Å². The Morgan fingerprint density at radius 2 is 1.80 bits per heavy atom. The van der Waals surface area contributed by atoms with Gasteiger partial charge in [0.25, 0.3) is 0 Å². The number of esters is 1. The van der Waals surface area contributed by atoms with Crippen LogP contribution in [0.25, 0.3) is 0 Å². The largest absolute Gasteiger partial charge is 0.465 e. The van der Waals surface area contributed by atoms with Crippen molar-refractivity contribution < 1.29 is 29.0 Å². The van der Waals surface area contributed by atoms with Gasteiger partial charge in [-0.2, -0.15) is 0 Å². The Labute approximate surface area is 269 Å². The molecule has 2 aromatic rings. The van der Waals surface area contributed by atoms with E-state index in [9.17, 15) is 19.5 Å². The van der Waals surface area contributed by atoms with Gasteiger partial charge in [-0.15, -0.1) is 0 Å². The number of ketones is 1. The lowest BCUT2D eigenvalue weighted by Crippen LogP contribution is -2.52. The Morgan fingerprint density at radius 1 is 1.05 bits per heavy atom. The highest BCUT2D eigenvalue weighted by molar-refractivity contribution is 6.31. The summed E-state index contributed by atoms with van der Waals surface area (Å²) in [5, 5.41) is 13.6. The molecule has 1 amide bonds. The van der Waals surface area contributed by atoms with E-state index < -0.39 is 28.6 Å². The highest BCUT2D eigenvalue weighted by Crippen LogP contribution is 2.72. The number of anilines is 1. The van der Waals surface area contributed by atoms with Crippen molar-refractivity contribution in [2.24, 2.45) is 22.7 Å². The average molecular weight is 643 g/mol. The zero-order valence-corrected chi connectivity index (χ0v) is 27.1. The van der Waals surface area contributed by atoms with E-state index in [1.165, 1.54) is 7.11 Å². The van der Waals surface area contributed by atoms with Gasteiger partial charge >= 0.3 is 5.97 Å². The number of Topliss-reactive ketones (excluding diaryl/α,β-unsaturated/α-hetero) is 1. The molecule has 7 nitrogen and oxygen atoms in total. The van der Waals surface area contributed by atoms with E-state index in [0.29, 0.717) is 47.2 Å². The van der Waals surface area contributed by atoms with Crippen LogP contribution in [-0.4, -0.2) is 49.2 Å². The van der Waals surface area contributed by atoms with Crippen molar-refractivity contribution in [1.82, 2.24) is 0 Å². The quantitative estimate of drug-likeness (QED) is 0.326. The van der Waals surface area contributed by atoms with Gasteiger partial charge < -0.3 is 19.9 Å². The number of aliphatic hydroxyl groups excluding tert-OH is 1. The summed E-state index contributed by atoms with van der Waals surface area (Å²) in [6.07, 6.45) is 5.66. The maximum atomic E-state index is 14.7. The van der Waals surface area contributed by atoms with E-state index in [2.05, 4.69) is 19.2 Å². The fraction of sp³-hybridized carbons (Fsp3) is 0.571. The SMILES string of the molecule is COC(=O)c1cc(Cl)cc([C@H]2[C@H](C(=O)C[C@@H]3CC[C@@H](CO)OC3)CC3(CCC(C)(C)CC3)[C@@]23C(=O)Nc2cc(Cl)ccc23)c1. The summed E-state index contributed by atoms with van der Waals surface area (Å²) in [7, 11) is 1.32. The Kier molecular flexibility index (Phi) is 8.40. The van der Waals surface area contributed by atoms with Crippen molar-refractivity contribution in [3.63, 3.8) is 0 Å². The third kappa shape index (κ3) is 5.18. The lowest BCUT2D eigenvalue weighted by molar-refractivity contribution is -0.127. The van der Waals surface area contributed by atoms with E-state index in [1.54, 1.807) is 18.2 Å². The number of amides is 1. The van der Waals surface area contributed by atoms with Gasteiger partial charge in [0.15, 0.2) is 0 Å². The molecule has 0 bridgehead atoms. The van der Waals surface area contributed by atoms with Crippen molar-refractivity contribution in [2.45, 2.75) is 82.7 Å². The van der Waals surface area contributed by atoms with Gasteiger partial charge in [0.1, 0.15) is 5.78 Å². The van der Waals surface area contributed by atoms with Crippen molar-refractivity contribution >= 4 is 46.5 Å². The van der Waals surface area contributed by atoms with Gasteiger partial charge in [0.2, 0.25) is 5.91 Å². The summed E-state index contributed by atoms with van der Waals surface area (Å²) in [6, 6.07) is 10.7. The number of ether oxygens (including phenoxy) is 2. The summed E-state index contributed by atoms with van der Waals surface area (Å²) >= 11 is 13.1. The van der Waals surface area contributed by atoms with E-state index in [4.69, 9.17) is 32.7 Å². The van der Waals surface area contributed by atoms with Gasteiger partial charge in [-0.1, -0.05) is 43.1 Å². The molecule has 0 aromatic heterocycles. The molecule has 2 N–H and O–H groups in total. The van der Waals surface area contributed by atoms with Crippen LogP contribution in [-0.2, 0) is 24.5 Å². The molecular formula is C35H41Cl2NO6. The first-order valence-electron chi connectivity index (χ1n) is 15.7. The number of methoxy groups -OCH3 is 1. The third-order valence-corrected chi connectivity index (χ3v) is 11.6. The van der Waals surface area contributed by atoms with Crippen LogP contribution in [0.1, 0.15) is 92.6 Å². The van der Waals surface area contributed by atoms with Crippen LogP contribution in [0.2, 0.25) is 10.0 Å². The number of fused-ring (bicyclic) bond motifs is 3. The van der Waals surface area contributed by atoms with Crippen LogP contribution in [0.4, 0.5) is 5.69 Å². The first kappa shape index (κ1) is 31.5. The van der Waals surface area contributed by atoms with E-state index in [0.717, 1.165) is 37.7 Å². The molecule has 2 aromatic carbocycles. The number of hydrogen-bond acceptors (Lipinski definition) is 6. The van der Waals surface area contributed by atoms with Gasteiger partial charge in [-0.25, -0.2) is 4.79 Å². The lowest BCUT2D eigenvalue weighted by atomic mass is 9.51. The Hall–Kier alpha value is -2.45. The van der Waals surface area contributed by atoms with Crippen molar-refractivity contribution in [3.05, 3.63) is 63.1 Å². The second-order valence-corrected chi connectivity index (χ2v) is 15.1. The van der Waals surface area contributed by atoms with Crippen molar-refractivity contribution in [3.8, 4) is 0 Å². The summed E-state index contributed by atoms with van der Waals surface area (Å²) in [4.78, 5) is 42.1. The number of benzene rings is 2. The minimum Gasteiger partial charge on any atom is -0.465 e. The van der Waals surface area contributed by atoms with Crippen LogP contribution in [0.5, 0.6) is 0 Å². The van der Waals surface area contributed by atoms with E-state index in [-0.39, 0.29) is 41.3 Å². The third-order valence-electron chi connectivity index (χ3n) is 11.2. The molecule has 2 aliphatic heterocycles. The molecule has 0 unspecified atom stereocenters. The molecule has 2 saturated carbocycles. The van der Waals surface area contributed by atoms with Crippen LogP contribution >= 0.6 is 23.2 Å². The molecule has 1 saturated heterocycles. The second kappa shape index (κ2) is 11.7. The maximum absolute atomic E-state index is 14.7. The van der Waals surface area contributed by atoms with Crippen LogP contribution in [0, 0.1) is 22.7 Å². The molecule has 5 atom stereocenters. The first-order valence-corrected chi connectivity index (χ1v) is 16.4. The molecule has 2 spiro atoms. The summed E-state index contributed by atoms with van der Waals surface area (Å²) in [5.41, 5.74) is 1.08. The zero-order valence-electron chi connectivity index (χ0n) is 25.6. The Morgan fingerprint density at radius 3 is 2.45 bits per heavy atom. The molecule has 4 aliphatic rings. The van der Waals surface area contributed by atoms with Gasteiger partial charge in [-0.3, -0.25) is 9.59 Å². The van der Waals surface area contributed by atoms with Gasteiger partial charge in [0, 0.05) is 34.0 Å². The number of carbonyl (C=O) groups excluding carboxylic acids is 3. The molecule has 0 radical (unpaired) electrons. The van der Waals surface area contributed by atoms with Crippen molar-refractivity contribution in [2.75, 3.05) is 25.6 Å². The molecule has 2 aliphatic carbocycles. The van der Waals surface area contributed by atoms with E-state index >= 15 is 0 Å². The summed E-state index contributed by atoms with van der Waals surface area (Å²) < 4.78 is 10.9. The summed E-state index contributed by atoms with van der Waals surface area (Å²) in [6.45, 7) is 4.94. The molecule has 236 valence electrons. The maximum Gasteiger partial charge on any atom is 0.337 e. The Bertz CT molecular complexity index is 1470. The van der Waals surface area contributed by atoms with Crippen LogP contribution in [0.3, 0.4) is 0 Å². The number of aliphatic hydroxyl groups is 1. The molecule has 9 heteroatoms.